The SMILES string of the molecule is CC(C)(C)OC(=O)COc1c(F)cc([Si]2c3ccccc3C(=O)c3ccccc32)cc1F. The first kappa shape index (κ1) is 21.9. The third-order valence-electron chi connectivity index (χ3n) is 4.92. The van der Waals surface area contributed by atoms with Gasteiger partial charge in [0.1, 0.15) is 5.60 Å². The van der Waals surface area contributed by atoms with Crippen LogP contribution in [0.15, 0.2) is 60.7 Å². The van der Waals surface area contributed by atoms with E-state index in [0.29, 0.717) is 16.3 Å². The fourth-order valence-corrected chi connectivity index (χ4v) is 6.66. The van der Waals surface area contributed by atoms with Gasteiger partial charge in [-0.25, -0.2) is 13.6 Å². The van der Waals surface area contributed by atoms with E-state index in [1.54, 1.807) is 45.0 Å². The van der Waals surface area contributed by atoms with Crippen LogP contribution in [-0.2, 0) is 9.53 Å². The van der Waals surface area contributed by atoms with E-state index in [2.05, 4.69) is 0 Å². The first-order valence-corrected chi connectivity index (χ1v) is 11.6. The quantitative estimate of drug-likeness (QED) is 0.354. The van der Waals surface area contributed by atoms with Crippen LogP contribution in [-0.4, -0.2) is 32.8 Å². The molecule has 0 aromatic heterocycles. The minimum Gasteiger partial charge on any atom is -0.476 e. The Morgan fingerprint density at radius 1 is 0.906 bits per heavy atom. The molecule has 3 aromatic rings. The first-order chi connectivity index (χ1) is 15.2. The first-order valence-electron chi connectivity index (χ1n) is 10.1. The van der Waals surface area contributed by atoms with Gasteiger partial charge in [0, 0.05) is 11.1 Å². The highest BCUT2D eigenvalue weighted by Crippen LogP contribution is 2.22. The molecule has 0 saturated carbocycles. The summed E-state index contributed by atoms with van der Waals surface area (Å²) >= 11 is 0. The zero-order valence-electron chi connectivity index (χ0n) is 17.9. The maximum Gasteiger partial charge on any atom is 0.344 e. The van der Waals surface area contributed by atoms with E-state index in [4.69, 9.17) is 9.47 Å². The maximum absolute atomic E-state index is 14.9. The Labute approximate surface area is 186 Å². The number of esters is 1. The predicted octanol–water partition coefficient (Wildman–Crippen LogP) is 2.75. The minimum absolute atomic E-state index is 0.0943. The van der Waals surface area contributed by atoms with Crippen molar-refractivity contribution >= 4 is 36.1 Å². The number of ketones is 1. The Kier molecular flexibility index (Phi) is 5.69. The molecule has 1 radical (unpaired) electrons. The van der Waals surface area contributed by atoms with Gasteiger partial charge in [-0.3, -0.25) is 4.79 Å². The van der Waals surface area contributed by atoms with Crippen molar-refractivity contribution in [2.24, 2.45) is 0 Å². The van der Waals surface area contributed by atoms with E-state index in [-0.39, 0.29) is 5.78 Å². The molecule has 163 valence electrons. The second kappa shape index (κ2) is 8.31. The monoisotopic (exact) mass is 451 g/mol. The number of carbonyl (C=O) groups excluding carboxylic acids is 2. The van der Waals surface area contributed by atoms with Crippen LogP contribution >= 0.6 is 0 Å². The molecule has 1 aliphatic heterocycles. The zero-order valence-corrected chi connectivity index (χ0v) is 18.9. The molecule has 7 heteroatoms. The number of hydrogen-bond donors (Lipinski definition) is 0. The minimum atomic E-state index is -1.83. The van der Waals surface area contributed by atoms with Crippen LogP contribution in [0, 0.1) is 11.6 Å². The fraction of sp³-hybridized carbons (Fsp3) is 0.200. The largest absolute Gasteiger partial charge is 0.476 e. The Morgan fingerprint density at radius 2 is 1.41 bits per heavy atom. The third kappa shape index (κ3) is 4.20. The normalized spacial score (nSPS) is 13.3. The molecule has 3 aromatic carbocycles. The average molecular weight is 452 g/mol. The highest BCUT2D eigenvalue weighted by atomic mass is 28.3. The molecule has 1 heterocycles. The van der Waals surface area contributed by atoms with Crippen molar-refractivity contribution in [2.75, 3.05) is 6.61 Å². The summed E-state index contributed by atoms with van der Waals surface area (Å²) in [5, 5.41) is 2.01. The number of hydrogen-bond acceptors (Lipinski definition) is 4. The second-order valence-electron chi connectivity index (χ2n) is 8.44. The lowest BCUT2D eigenvalue weighted by molar-refractivity contribution is -0.157. The Bertz CT molecular complexity index is 1140. The number of benzene rings is 3. The smallest absolute Gasteiger partial charge is 0.344 e. The molecule has 0 N–H and O–H groups in total. The summed E-state index contributed by atoms with van der Waals surface area (Å²) in [6.07, 6.45) is 0. The van der Waals surface area contributed by atoms with Crippen molar-refractivity contribution < 1.29 is 27.8 Å². The molecule has 32 heavy (non-hydrogen) atoms. The van der Waals surface area contributed by atoms with E-state index in [1.807, 2.05) is 24.3 Å². The molecule has 0 amide bonds. The third-order valence-corrected chi connectivity index (χ3v) is 7.74. The Morgan fingerprint density at radius 3 is 1.91 bits per heavy atom. The van der Waals surface area contributed by atoms with Gasteiger partial charge in [-0.15, -0.1) is 0 Å². The standard InChI is InChI=1S/C25H21F2O4Si/c1-25(2,3)31-22(28)14-30-24-18(26)12-15(13-19(24)27)32-20-10-6-4-8-16(20)23(29)17-9-5-7-11-21(17)32/h4-13H,14H2,1-3H3. The van der Waals surface area contributed by atoms with Gasteiger partial charge in [-0.1, -0.05) is 48.5 Å². The van der Waals surface area contributed by atoms with Gasteiger partial charge in [-0.05, 0) is 48.5 Å². The molecule has 0 saturated heterocycles. The molecule has 0 fully saturated rings. The second-order valence-corrected chi connectivity index (χ2v) is 10.8. The molecule has 0 aliphatic carbocycles. The Balaban J connectivity index is 1.71. The lowest BCUT2D eigenvalue weighted by Gasteiger charge is -2.26. The van der Waals surface area contributed by atoms with Crippen molar-refractivity contribution in [3.63, 3.8) is 0 Å². The van der Waals surface area contributed by atoms with Crippen LogP contribution in [0.3, 0.4) is 0 Å². The highest BCUT2D eigenvalue weighted by Gasteiger charge is 2.34. The molecule has 0 bridgehead atoms. The molecular formula is C25H21F2O4Si. The van der Waals surface area contributed by atoms with Gasteiger partial charge in [0.25, 0.3) is 0 Å². The van der Waals surface area contributed by atoms with E-state index in [0.717, 1.165) is 10.4 Å². The number of halogens is 2. The molecule has 0 atom stereocenters. The van der Waals surface area contributed by atoms with Gasteiger partial charge in [-0.2, -0.15) is 0 Å². The van der Waals surface area contributed by atoms with Crippen molar-refractivity contribution in [2.45, 2.75) is 26.4 Å². The average Bonchev–Trinajstić information content (AvgIpc) is 2.72. The van der Waals surface area contributed by atoms with Crippen LogP contribution in [0.5, 0.6) is 5.75 Å². The number of fused-ring (bicyclic) bond motifs is 2. The van der Waals surface area contributed by atoms with Gasteiger partial charge in [0.15, 0.2) is 38.6 Å². The molecular weight excluding hydrogens is 430 g/mol. The molecule has 1 aliphatic rings. The molecule has 0 unspecified atom stereocenters. The summed E-state index contributed by atoms with van der Waals surface area (Å²) in [5.74, 6) is -3.26. The van der Waals surface area contributed by atoms with E-state index in [1.165, 1.54) is 12.1 Å². The van der Waals surface area contributed by atoms with Crippen LogP contribution in [0.1, 0.15) is 36.7 Å². The van der Waals surface area contributed by atoms with E-state index >= 15 is 0 Å². The van der Waals surface area contributed by atoms with Gasteiger partial charge < -0.3 is 9.47 Å². The summed E-state index contributed by atoms with van der Waals surface area (Å²) < 4.78 is 40.0. The van der Waals surface area contributed by atoms with E-state index in [9.17, 15) is 18.4 Å². The maximum atomic E-state index is 14.9. The summed E-state index contributed by atoms with van der Waals surface area (Å²) in [7, 11) is -1.83. The van der Waals surface area contributed by atoms with Gasteiger partial charge in [0.05, 0.1) is 0 Å². The Hall–Kier alpha value is -3.32. The van der Waals surface area contributed by atoms with Crippen LogP contribution in [0.2, 0.25) is 0 Å². The van der Waals surface area contributed by atoms with Crippen molar-refractivity contribution in [1.29, 1.82) is 0 Å². The van der Waals surface area contributed by atoms with Crippen LogP contribution in [0.25, 0.3) is 0 Å². The number of carbonyl (C=O) groups is 2. The lowest BCUT2D eigenvalue weighted by Crippen LogP contribution is -2.58. The van der Waals surface area contributed by atoms with Crippen molar-refractivity contribution in [3.05, 3.63) is 83.4 Å². The van der Waals surface area contributed by atoms with Crippen molar-refractivity contribution in [1.82, 2.24) is 0 Å². The highest BCUT2D eigenvalue weighted by molar-refractivity contribution is 6.97. The molecule has 0 spiro atoms. The number of rotatable bonds is 4. The van der Waals surface area contributed by atoms with Crippen LogP contribution < -0.4 is 20.3 Å². The summed E-state index contributed by atoms with van der Waals surface area (Å²) in [4.78, 5) is 24.8. The fourth-order valence-electron chi connectivity index (χ4n) is 3.74. The summed E-state index contributed by atoms with van der Waals surface area (Å²) in [6.45, 7) is 4.46. The predicted molar refractivity (Wildman–Crippen MR) is 119 cm³/mol. The molecule has 4 rings (SSSR count). The zero-order chi connectivity index (χ0) is 23.0. The van der Waals surface area contributed by atoms with Gasteiger partial charge in [0.2, 0.25) is 0 Å². The summed E-state index contributed by atoms with van der Waals surface area (Å²) in [6, 6.07) is 16.8. The van der Waals surface area contributed by atoms with Crippen molar-refractivity contribution in [3.8, 4) is 5.75 Å². The van der Waals surface area contributed by atoms with E-state index < -0.39 is 44.4 Å². The topological polar surface area (TPSA) is 52.6 Å². The molecule has 4 nitrogen and oxygen atoms in total. The lowest BCUT2D eigenvalue weighted by atomic mass is 10.0. The summed E-state index contributed by atoms with van der Waals surface area (Å²) in [5.41, 5.74) is 0.363. The van der Waals surface area contributed by atoms with Gasteiger partial charge >= 0.3 is 5.97 Å². The van der Waals surface area contributed by atoms with Crippen LogP contribution in [0.4, 0.5) is 8.78 Å². The number of ether oxygens (including phenoxy) is 2.